The second-order valence-electron chi connectivity index (χ2n) is 4.30. The van der Waals surface area contributed by atoms with Crippen LogP contribution in [0.5, 0.6) is 0 Å². The molecule has 0 saturated carbocycles. The highest BCUT2D eigenvalue weighted by molar-refractivity contribution is 6.42. The zero-order valence-corrected chi connectivity index (χ0v) is 11.8. The van der Waals surface area contributed by atoms with E-state index < -0.39 is 17.7 Å². The van der Waals surface area contributed by atoms with Gasteiger partial charge in [0.1, 0.15) is 11.6 Å². The fourth-order valence-corrected chi connectivity index (χ4v) is 2.36. The van der Waals surface area contributed by atoms with Gasteiger partial charge in [-0.15, -0.1) is 0 Å². The normalized spacial score (nSPS) is 12.4. The first-order valence-corrected chi connectivity index (χ1v) is 6.62. The molecule has 0 radical (unpaired) electrons. The van der Waals surface area contributed by atoms with Crippen LogP contribution in [0.1, 0.15) is 17.2 Å². The van der Waals surface area contributed by atoms with Crippen LogP contribution in [0.15, 0.2) is 36.4 Å². The summed E-state index contributed by atoms with van der Waals surface area (Å²) in [6.07, 6.45) is 0.288. The van der Waals surface area contributed by atoms with Crippen LogP contribution in [0.25, 0.3) is 0 Å². The molecular formula is C14H12Cl2F2N2. The number of hydrogen-bond acceptors (Lipinski definition) is 2. The molecule has 0 bridgehead atoms. The predicted octanol–water partition coefficient (Wildman–Crippen LogP) is 4.02. The van der Waals surface area contributed by atoms with Gasteiger partial charge >= 0.3 is 0 Å². The van der Waals surface area contributed by atoms with E-state index in [4.69, 9.17) is 29.0 Å². The van der Waals surface area contributed by atoms with Crippen molar-refractivity contribution in [1.82, 2.24) is 5.43 Å². The van der Waals surface area contributed by atoms with Crippen LogP contribution < -0.4 is 11.3 Å². The van der Waals surface area contributed by atoms with E-state index in [9.17, 15) is 8.78 Å². The summed E-state index contributed by atoms with van der Waals surface area (Å²) < 4.78 is 27.0. The molecule has 0 aromatic heterocycles. The maximum absolute atomic E-state index is 13.8. The molecule has 2 aromatic rings. The van der Waals surface area contributed by atoms with E-state index in [0.717, 1.165) is 18.2 Å². The summed E-state index contributed by atoms with van der Waals surface area (Å²) in [4.78, 5) is 0. The molecule has 0 saturated heterocycles. The van der Waals surface area contributed by atoms with Crippen molar-refractivity contribution in [2.45, 2.75) is 12.5 Å². The number of nitrogens with one attached hydrogen (secondary N) is 1. The molecule has 0 amide bonds. The van der Waals surface area contributed by atoms with Crippen LogP contribution in [-0.2, 0) is 6.42 Å². The molecule has 0 aliphatic carbocycles. The topological polar surface area (TPSA) is 38.0 Å². The van der Waals surface area contributed by atoms with E-state index in [-0.39, 0.29) is 12.0 Å². The summed E-state index contributed by atoms with van der Waals surface area (Å²) >= 11 is 12.0. The van der Waals surface area contributed by atoms with Crippen molar-refractivity contribution >= 4 is 23.2 Å². The largest absolute Gasteiger partial charge is 0.271 e. The Kier molecular flexibility index (Phi) is 4.94. The molecule has 106 valence electrons. The van der Waals surface area contributed by atoms with Gasteiger partial charge in [0.25, 0.3) is 0 Å². The standard InChI is InChI=1S/C14H12Cl2F2N2/c15-11-3-1-2-8(14(11)16)6-13(20-19)10-7-9(17)4-5-12(10)18/h1-5,7,13,20H,6,19H2. The van der Waals surface area contributed by atoms with Gasteiger partial charge in [-0.25, -0.2) is 8.78 Å². The number of hydrazine groups is 1. The highest BCUT2D eigenvalue weighted by Gasteiger charge is 2.18. The summed E-state index contributed by atoms with van der Waals surface area (Å²) in [5, 5.41) is 0.783. The number of rotatable bonds is 4. The minimum atomic E-state index is -0.610. The Morgan fingerprint density at radius 3 is 2.60 bits per heavy atom. The number of halogens is 4. The first-order chi connectivity index (χ1) is 9.52. The molecule has 6 heteroatoms. The van der Waals surface area contributed by atoms with Gasteiger partial charge in [-0.05, 0) is 36.2 Å². The van der Waals surface area contributed by atoms with Gasteiger partial charge in [0, 0.05) is 5.56 Å². The lowest BCUT2D eigenvalue weighted by atomic mass is 9.99. The third kappa shape index (κ3) is 3.27. The third-order valence-corrected chi connectivity index (χ3v) is 3.85. The van der Waals surface area contributed by atoms with E-state index in [1.165, 1.54) is 0 Å². The van der Waals surface area contributed by atoms with Gasteiger partial charge in [-0.3, -0.25) is 11.3 Å². The van der Waals surface area contributed by atoms with Crippen LogP contribution >= 0.6 is 23.2 Å². The van der Waals surface area contributed by atoms with E-state index in [2.05, 4.69) is 5.43 Å². The Labute approximate surface area is 125 Å². The molecule has 0 aliphatic heterocycles. The van der Waals surface area contributed by atoms with Crippen molar-refractivity contribution < 1.29 is 8.78 Å². The molecule has 0 aliphatic rings. The summed E-state index contributed by atoms with van der Waals surface area (Å²) in [5.74, 6) is 4.38. The maximum Gasteiger partial charge on any atom is 0.128 e. The third-order valence-electron chi connectivity index (χ3n) is 2.99. The molecule has 20 heavy (non-hydrogen) atoms. The van der Waals surface area contributed by atoms with Gasteiger partial charge in [0.15, 0.2) is 0 Å². The van der Waals surface area contributed by atoms with Crippen molar-refractivity contribution in [3.63, 3.8) is 0 Å². The zero-order chi connectivity index (χ0) is 14.7. The Hall–Kier alpha value is -1.20. The lowest BCUT2D eigenvalue weighted by Gasteiger charge is -2.18. The molecule has 2 rings (SSSR count). The fraction of sp³-hybridized carbons (Fsp3) is 0.143. The van der Waals surface area contributed by atoms with E-state index in [1.807, 2.05) is 0 Å². The van der Waals surface area contributed by atoms with Crippen LogP contribution in [0.4, 0.5) is 8.78 Å². The fourth-order valence-electron chi connectivity index (χ4n) is 1.97. The summed E-state index contributed by atoms with van der Waals surface area (Å²) in [6.45, 7) is 0. The van der Waals surface area contributed by atoms with Gasteiger partial charge < -0.3 is 0 Å². The molecule has 0 spiro atoms. The molecule has 2 aromatic carbocycles. The van der Waals surface area contributed by atoms with Crippen molar-refractivity contribution in [3.05, 3.63) is 69.2 Å². The average Bonchev–Trinajstić information content (AvgIpc) is 2.43. The van der Waals surface area contributed by atoms with E-state index in [0.29, 0.717) is 15.6 Å². The summed E-state index contributed by atoms with van der Waals surface area (Å²) in [7, 11) is 0. The van der Waals surface area contributed by atoms with Crippen LogP contribution in [-0.4, -0.2) is 0 Å². The Bertz CT molecular complexity index is 620. The molecule has 2 nitrogen and oxygen atoms in total. The van der Waals surface area contributed by atoms with E-state index >= 15 is 0 Å². The second-order valence-corrected chi connectivity index (χ2v) is 5.09. The Morgan fingerprint density at radius 1 is 1.15 bits per heavy atom. The van der Waals surface area contributed by atoms with Crippen LogP contribution in [0.2, 0.25) is 10.0 Å². The smallest absolute Gasteiger partial charge is 0.128 e. The average molecular weight is 317 g/mol. The number of hydrogen-bond donors (Lipinski definition) is 2. The number of benzene rings is 2. The molecule has 1 atom stereocenters. The minimum absolute atomic E-state index is 0.142. The summed E-state index contributed by atoms with van der Waals surface area (Å²) in [6, 6.07) is 7.77. The Morgan fingerprint density at radius 2 is 1.90 bits per heavy atom. The van der Waals surface area contributed by atoms with Crippen LogP contribution in [0.3, 0.4) is 0 Å². The monoisotopic (exact) mass is 316 g/mol. The van der Waals surface area contributed by atoms with Crippen molar-refractivity contribution in [2.75, 3.05) is 0 Å². The van der Waals surface area contributed by atoms with Gasteiger partial charge in [-0.1, -0.05) is 35.3 Å². The van der Waals surface area contributed by atoms with Crippen molar-refractivity contribution in [1.29, 1.82) is 0 Å². The zero-order valence-electron chi connectivity index (χ0n) is 10.3. The maximum atomic E-state index is 13.8. The Balaban J connectivity index is 2.34. The molecule has 0 heterocycles. The molecule has 0 fully saturated rings. The van der Waals surface area contributed by atoms with Gasteiger partial charge in [-0.2, -0.15) is 0 Å². The quantitative estimate of drug-likeness (QED) is 0.660. The molecular weight excluding hydrogens is 305 g/mol. The SMILES string of the molecule is NNC(Cc1cccc(Cl)c1Cl)c1cc(F)ccc1F. The first kappa shape index (κ1) is 15.2. The predicted molar refractivity (Wildman–Crippen MR) is 76.6 cm³/mol. The first-order valence-electron chi connectivity index (χ1n) is 5.87. The number of nitrogens with two attached hydrogens (primary N) is 1. The lowest BCUT2D eigenvalue weighted by Crippen LogP contribution is -2.30. The van der Waals surface area contributed by atoms with E-state index in [1.54, 1.807) is 18.2 Å². The van der Waals surface area contributed by atoms with Crippen LogP contribution in [0, 0.1) is 11.6 Å². The molecule has 1 unspecified atom stereocenters. The highest BCUT2D eigenvalue weighted by atomic mass is 35.5. The molecule has 3 N–H and O–H groups in total. The lowest BCUT2D eigenvalue weighted by molar-refractivity contribution is 0.502. The van der Waals surface area contributed by atoms with Crippen molar-refractivity contribution in [3.8, 4) is 0 Å². The minimum Gasteiger partial charge on any atom is -0.271 e. The van der Waals surface area contributed by atoms with Gasteiger partial charge in [0.05, 0.1) is 16.1 Å². The second kappa shape index (κ2) is 6.50. The summed E-state index contributed by atoms with van der Waals surface area (Å²) in [5.41, 5.74) is 3.32. The van der Waals surface area contributed by atoms with Gasteiger partial charge in [0.2, 0.25) is 0 Å². The van der Waals surface area contributed by atoms with Crippen molar-refractivity contribution in [2.24, 2.45) is 5.84 Å². The highest BCUT2D eigenvalue weighted by Crippen LogP contribution is 2.29.